The third-order valence-corrected chi connectivity index (χ3v) is 4.92. The van der Waals surface area contributed by atoms with Gasteiger partial charge in [-0.15, -0.1) is 24.8 Å². The summed E-state index contributed by atoms with van der Waals surface area (Å²) in [5.74, 6) is 0.804. The summed E-state index contributed by atoms with van der Waals surface area (Å²) in [6, 6.07) is 3.86. The second kappa shape index (κ2) is 9.57. The first-order valence-corrected chi connectivity index (χ1v) is 8.45. The van der Waals surface area contributed by atoms with Crippen LogP contribution < -0.4 is 16.0 Å². The second-order valence-electron chi connectivity index (χ2n) is 6.80. The van der Waals surface area contributed by atoms with Gasteiger partial charge in [-0.25, -0.2) is 4.98 Å². The summed E-state index contributed by atoms with van der Waals surface area (Å²) >= 11 is 0. The van der Waals surface area contributed by atoms with Gasteiger partial charge in [0.05, 0.1) is 31.0 Å². The van der Waals surface area contributed by atoms with E-state index >= 15 is 0 Å². The second-order valence-corrected chi connectivity index (χ2v) is 6.80. The molecule has 1 aliphatic carbocycles. The first kappa shape index (κ1) is 22.0. The van der Waals surface area contributed by atoms with Gasteiger partial charge in [-0.05, 0) is 31.9 Å². The zero-order valence-electron chi connectivity index (χ0n) is 14.6. The molecule has 2 heterocycles. The zero-order valence-corrected chi connectivity index (χ0v) is 16.2. The molecule has 2 unspecified atom stereocenters. The van der Waals surface area contributed by atoms with Crippen molar-refractivity contribution in [3.05, 3.63) is 18.3 Å². The van der Waals surface area contributed by atoms with E-state index < -0.39 is 5.54 Å². The maximum atomic E-state index is 12.5. The first-order valence-electron chi connectivity index (χ1n) is 8.45. The van der Waals surface area contributed by atoms with Crippen LogP contribution in [0.5, 0.6) is 0 Å². The normalized spacial score (nSPS) is 26.2. The zero-order chi connectivity index (χ0) is 16.3. The van der Waals surface area contributed by atoms with Crippen LogP contribution in [-0.2, 0) is 9.53 Å². The number of anilines is 2. The summed E-state index contributed by atoms with van der Waals surface area (Å²) in [7, 11) is 0. The van der Waals surface area contributed by atoms with Gasteiger partial charge in [-0.1, -0.05) is 12.8 Å². The molecule has 2 aliphatic rings. The average molecular weight is 391 g/mol. The Bertz CT molecular complexity index is 548. The minimum atomic E-state index is -0.413. The standard InChI is InChI=1S/C17H26N4O2.2ClH/c1-17(18)7-3-2-4-14(17)16(22)20-13-5-6-15(19-12-13)21-8-10-23-11-9-21;;/h5-6,12,14H,2-4,7-11,18H2,1H3,(H,20,22);2*1H. The first-order chi connectivity index (χ1) is 11.1. The van der Waals surface area contributed by atoms with E-state index in [0.29, 0.717) is 0 Å². The molecule has 142 valence electrons. The Kier molecular flexibility index (Phi) is 8.41. The Balaban J connectivity index is 0.00000156. The van der Waals surface area contributed by atoms with Crippen LogP contribution in [0.2, 0.25) is 0 Å². The molecule has 6 nitrogen and oxygen atoms in total. The molecule has 2 fully saturated rings. The van der Waals surface area contributed by atoms with Gasteiger partial charge in [0.25, 0.3) is 0 Å². The lowest BCUT2D eigenvalue weighted by molar-refractivity contribution is -0.122. The van der Waals surface area contributed by atoms with Crippen LogP contribution in [0.15, 0.2) is 18.3 Å². The van der Waals surface area contributed by atoms with Crippen LogP contribution >= 0.6 is 24.8 Å². The molecule has 1 saturated heterocycles. The van der Waals surface area contributed by atoms with Gasteiger partial charge >= 0.3 is 0 Å². The largest absolute Gasteiger partial charge is 0.378 e. The van der Waals surface area contributed by atoms with Crippen LogP contribution in [0.4, 0.5) is 11.5 Å². The SMILES string of the molecule is CC1(N)CCCCC1C(=O)Nc1ccc(N2CCOCC2)nc1.Cl.Cl. The molecule has 3 N–H and O–H groups in total. The highest BCUT2D eigenvalue weighted by molar-refractivity contribution is 5.93. The lowest BCUT2D eigenvalue weighted by Crippen LogP contribution is -2.51. The lowest BCUT2D eigenvalue weighted by Gasteiger charge is -2.37. The van der Waals surface area contributed by atoms with Crippen molar-refractivity contribution in [2.45, 2.75) is 38.1 Å². The molecular formula is C17H28Cl2N4O2. The van der Waals surface area contributed by atoms with Crippen LogP contribution in [-0.4, -0.2) is 42.7 Å². The third kappa shape index (κ3) is 5.45. The molecule has 8 heteroatoms. The van der Waals surface area contributed by atoms with Crippen molar-refractivity contribution in [2.75, 3.05) is 36.5 Å². The number of nitrogens with two attached hydrogens (primary N) is 1. The molecule has 1 amide bonds. The summed E-state index contributed by atoms with van der Waals surface area (Å²) in [6.45, 7) is 5.16. The van der Waals surface area contributed by atoms with Crippen molar-refractivity contribution in [1.82, 2.24) is 4.98 Å². The number of halogens is 2. The number of hydrogen-bond donors (Lipinski definition) is 2. The van der Waals surface area contributed by atoms with E-state index in [1.807, 2.05) is 19.1 Å². The molecule has 0 spiro atoms. The van der Waals surface area contributed by atoms with E-state index in [0.717, 1.165) is 63.5 Å². The number of pyridine rings is 1. The molecule has 1 saturated carbocycles. The van der Waals surface area contributed by atoms with E-state index in [9.17, 15) is 4.79 Å². The Morgan fingerprint density at radius 2 is 2.04 bits per heavy atom. The summed E-state index contributed by atoms with van der Waals surface area (Å²) < 4.78 is 5.35. The Morgan fingerprint density at radius 3 is 2.64 bits per heavy atom. The molecule has 0 aromatic carbocycles. The van der Waals surface area contributed by atoms with Gasteiger partial charge in [0.15, 0.2) is 0 Å². The van der Waals surface area contributed by atoms with Crippen LogP contribution in [0.3, 0.4) is 0 Å². The fourth-order valence-corrected chi connectivity index (χ4v) is 3.46. The van der Waals surface area contributed by atoms with Gasteiger partial charge < -0.3 is 20.7 Å². The van der Waals surface area contributed by atoms with E-state index in [4.69, 9.17) is 10.5 Å². The number of hydrogen-bond acceptors (Lipinski definition) is 5. The summed E-state index contributed by atoms with van der Waals surface area (Å²) in [5.41, 5.74) is 6.62. The number of amides is 1. The van der Waals surface area contributed by atoms with Gasteiger partial charge in [0, 0.05) is 18.6 Å². The third-order valence-electron chi connectivity index (χ3n) is 4.92. The Hall–Kier alpha value is -1.08. The number of carbonyl (C=O) groups is 1. The van der Waals surface area contributed by atoms with Crippen LogP contribution in [0, 0.1) is 5.92 Å². The maximum absolute atomic E-state index is 12.5. The highest BCUT2D eigenvalue weighted by Crippen LogP contribution is 2.32. The molecule has 1 aliphatic heterocycles. The van der Waals surface area contributed by atoms with E-state index in [1.54, 1.807) is 6.20 Å². The molecular weight excluding hydrogens is 363 g/mol. The molecule has 25 heavy (non-hydrogen) atoms. The van der Waals surface area contributed by atoms with Crippen molar-refractivity contribution in [3.8, 4) is 0 Å². The predicted molar refractivity (Wildman–Crippen MR) is 105 cm³/mol. The quantitative estimate of drug-likeness (QED) is 0.828. The molecule has 1 aromatic rings. The summed E-state index contributed by atoms with van der Waals surface area (Å²) in [5, 5.41) is 2.97. The van der Waals surface area contributed by atoms with Crippen molar-refractivity contribution in [1.29, 1.82) is 0 Å². The number of rotatable bonds is 3. The van der Waals surface area contributed by atoms with Gasteiger partial charge in [0.1, 0.15) is 5.82 Å². The number of nitrogens with zero attached hydrogens (tertiary/aromatic N) is 2. The van der Waals surface area contributed by atoms with E-state index in [-0.39, 0.29) is 36.6 Å². The van der Waals surface area contributed by atoms with Crippen LogP contribution in [0.25, 0.3) is 0 Å². The van der Waals surface area contributed by atoms with Crippen molar-refractivity contribution in [2.24, 2.45) is 11.7 Å². The fourth-order valence-electron chi connectivity index (χ4n) is 3.46. The minimum Gasteiger partial charge on any atom is -0.378 e. The van der Waals surface area contributed by atoms with Gasteiger partial charge in [0.2, 0.25) is 5.91 Å². The molecule has 1 aromatic heterocycles. The van der Waals surface area contributed by atoms with Crippen molar-refractivity contribution < 1.29 is 9.53 Å². The monoisotopic (exact) mass is 390 g/mol. The van der Waals surface area contributed by atoms with E-state index in [1.165, 1.54) is 0 Å². The van der Waals surface area contributed by atoms with Gasteiger partial charge in [-0.2, -0.15) is 0 Å². The molecule has 3 rings (SSSR count). The average Bonchev–Trinajstić information content (AvgIpc) is 2.56. The summed E-state index contributed by atoms with van der Waals surface area (Å²) in [6.07, 6.45) is 5.66. The summed E-state index contributed by atoms with van der Waals surface area (Å²) in [4.78, 5) is 19.2. The smallest absolute Gasteiger partial charge is 0.229 e. The topological polar surface area (TPSA) is 80.5 Å². The predicted octanol–water partition coefficient (Wildman–Crippen LogP) is 2.61. The highest BCUT2D eigenvalue weighted by atomic mass is 35.5. The number of carbonyl (C=O) groups excluding carboxylic acids is 1. The number of morpholine rings is 1. The van der Waals surface area contributed by atoms with Gasteiger partial charge in [-0.3, -0.25) is 4.79 Å². The number of aromatic nitrogens is 1. The number of nitrogens with one attached hydrogen (secondary N) is 1. The minimum absolute atomic E-state index is 0. The Morgan fingerprint density at radius 1 is 1.32 bits per heavy atom. The lowest BCUT2D eigenvalue weighted by atomic mass is 9.74. The highest BCUT2D eigenvalue weighted by Gasteiger charge is 2.37. The maximum Gasteiger partial charge on any atom is 0.229 e. The van der Waals surface area contributed by atoms with Crippen LogP contribution in [0.1, 0.15) is 32.6 Å². The molecule has 0 bridgehead atoms. The molecule has 2 atom stereocenters. The molecule has 0 radical (unpaired) electrons. The van der Waals surface area contributed by atoms with Crippen molar-refractivity contribution in [3.63, 3.8) is 0 Å². The van der Waals surface area contributed by atoms with Crippen molar-refractivity contribution >= 4 is 42.2 Å². The number of ether oxygens (including phenoxy) is 1. The Labute approximate surface area is 161 Å². The fraction of sp³-hybridized carbons (Fsp3) is 0.647. The van der Waals surface area contributed by atoms with E-state index in [2.05, 4.69) is 15.2 Å².